The first-order chi connectivity index (χ1) is 7.75. The molecular formula is C12H15N3S. The van der Waals surface area contributed by atoms with Crippen molar-refractivity contribution in [1.82, 2.24) is 15.1 Å². The molecule has 0 saturated carbocycles. The standard InChI is InChI=1S/C12H15N3S/c1-8-12-10(3-4-16-12)11(6-13-8)9-5-14-15(2)7-9/h3-5,7-8,11,13H,6H2,1-2H3/t8-,11+/m0/s1. The molecule has 3 rings (SSSR count). The number of hydrogen-bond donors (Lipinski definition) is 1. The number of thiophene rings is 1. The number of fused-ring (bicyclic) bond motifs is 1. The van der Waals surface area contributed by atoms with Crippen LogP contribution in [0.25, 0.3) is 0 Å². The Kier molecular flexibility index (Phi) is 2.33. The number of aromatic nitrogens is 2. The van der Waals surface area contributed by atoms with Crippen molar-refractivity contribution in [2.45, 2.75) is 18.9 Å². The van der Waals surface area contributed by atoms with Crippen molar-refractivity contribution in [3.8, 4) is 0 Å². The molecule has 0 bridgehead atoms. The van der Waals surface area contributed by atoms with Gasteiger partial charge in [-0.2, -0.15) is 5.10 Å². The van der Waals surface area contributed by atoms with Crippen LogP contribution in [0.4, 0.5) is 0 Å². The van der Waals surface area contributed by atoms with Crippen molar-refractivity contribution < 1.29 is 0 Å². The van der Waals surface area contributed by atoms with E-state index >= 15 is 0 Å². The van der Waals surface area contributed by atoms with Crippen molar-refractivity contribution >= 4 is 11.3 Å². The molecule has 0 aromatic carbocycles. The van der Waals surface area contributed by atoms with E-state index in [0.717, 1.165) is 6.54 Å². The third-order valence-corrected chi connectivity index (χ3v) is 4.37. The van der Waals surface area contributed by atoms with Crippen molar-refractivity contribution in [3.05, 3.63) is 39.8 Å². The zero-order valence-corrected chi connectivity index (χ0v) is 10.3. The van der Waals surface area contributed by atoms with E-state index in [-0.39, 0.29) is 0 Å². The van der Waals surface area contributed by atoms with Crippen molar-refractivity contribution in [3.63, 3.8) is 0 Å². The third kappa shape index (κ3) is 1.49. The maximum absolute atomic E-state index is 4.26. The van der Waals surface area contributed by atoms with Crippen LogP contribution in [0.15, 0.2) is 23.8 Å². The van der Waals surface area contributed by atoms with Gasteiger partial charge in [0.15, 0.2) is 0 Å². The molecule has 1 aliphatic rings. The van der Waals surface area contributed by atoms with E-state index in [4.69, 9.17) is 0 Å². The van der Waals surface area contributed by atoms with Crippen LogP contribution in [0.3, 0.4) is 0 Å². The largest absolute Gasteiger partial charge is 0.309 e. The molecule has 4 heteroatoms. The average molecular weight is 233 g/mol. The van der Waals surface area contributed by atoms with Crippen LogP contribution >= 0.6 is 11.3 Å². The average Bonchev–Trinajstić information content (AvgIpc) is 2.87. The van der Waals surface area contributed by atoms with Crippen LogP contribution in [-0.2, 0) is 7.05 Å². The second-order valence-corrected chi connectivity index (χ2v) is 5.32. The second kappa shape index (κ2) is 3.71. The van der Waals surface area contributed by atoms with E-state index in [1.54, 1.807) is 0 Å². The summed E-state index contributed by atoms with van der Waals surface area (Å²) in [4.78, 5) is 1.47. The van der Waals surface area contributed by atoms with Gasteiger partial charge in [0.1, 0.15) is 0 Å². The summed E-state index contributed by atoms with van der Waals surface area (Å²) in [6, 6.07) is 2.75. The predicted molar refractivity (Wildman–Crippen MR) is 65.8 cm³/mol. The zero-order valence-electron chi connectivity index (χ0n) is 9.47. The fraction of sp³-hybridized carbons (Fsp3) is 0.417. The fourth-order valence-corrected chi connectivity index (χ4v) is 3.38. The van der Waals surface area contributed by atoms with E-state index in [9.17, 15) is 0 Å². The highest BCUT2D eigenvalue weighted by Gasteiger charge is 2.27. The summed E-state index contributed by atoms with van der Waals surface area (Å²) < 4.78 is 1.87. The minimum Gasteiger partial charge on any atom is -0.309 e. The molecule has 0 aliphatic carbocycles. The lowest BCUT2D eigenvalue weighted by Gasteiger charge is -2.27. The Morgan fingerprint density at radius 1 is 1.56 bits per heavy atom. The lowest BCUT2D eigenvalue weighted by atomic mass is 9.89. The molecule has 3 nitrogen and oxygen atoms in total. The van der Waals surface area contributed by atoms with Crippen LogP contribution in [0.5, 0.6) is 0 Å². The second-order valence-electron chi connectivity index (χ2n) is 4.37. The van der Waals surface area contributed by atoms with Gasteiger partial charge in [0.05, 0.1) is 6.20 Å². The van der Waals surface area contributed by atoms with E-state index in [2.05, 4.69) is 35.0 Å². The number of rotatable bonds is 1. The predicted octanol–water partition coefficient (Wildman–Crippen LogP) is 2.28. The van der Waals surface area contributed by atoms with Gasteiger partial charge in [-0.05, 0) is 29.5 Å². The Labute approximate surface area is 99.1 Å². The summed E-state index contributed by atoms with van der Waals surface area (Å²) in [6.45, 7) is 3.24. The molecule has 0 fully saturated rings. The first-order valence-corrected chi connectivity index (χ1v) is 6.43. The molecule has 0 radical (unpaired) electrons. The Balaban J connectivity index is 2.03. The first kappa shape index (κ1) is 10.1. The molecule has 0 spiro atoms. The van der Waals surface area contributed by atoms with Crippen LogP contribution in [-0.4, -0.2) is 16.3 Å². The van der Waals surface area contributed by atoms with Crippen LogP contribution in [0.1, 0.15) is 34.9 Å². The molecule has 1 N–H and O–H groups in total. The van der Waals surface area contributed by atoms with E-state index in [1.807, 2.05) is 29.3 Å². The zero-order chi connectivity index (χ0) is 11.1. The summed E-state index contributed by atoms with van der Waals surface area (Å²) in [5.74, 6) is 0.464. The van der Waals surface area contributed by atoms with Crippen molar-refractivity contribution in [1.29, 1.82) is 0 Å². The van der Waals surface area contributed by atoms with E-state index < -0.39 is 0 Å². The summed E-state index contributed by atoms with van der Waals surface area (Å²) >= 11 is 1.85. The van der Waals surface area contributed by atoms with Crippen LogP contribution in [0, 0.1) is 0 Å². The molecule has 3 heterocycles. The molecule has 16 heavy (non-hydrogen) atoms. The lowest BCUT2D eigenvalue weighted by Crippen LogP contribution is -2.30. The Morgan fingerprint density at radius 2 is 2.44 bits per heavy atom. The highest BCUT2D eigenvalue weighted by atomic mass is 32.1. The molecule has 0 unspecified atom stereocenters. The number of nitrogens with zero attached hydrogens (tertiary/aromatic N) is 2. The summed E-state index contributed by atoms with van der Waals surface area (Å²) in [5.41, 5.74) is 2.78. The van der Waals surface area contributed by atoms with Gasteiger partial charge in [-0.1, -0.05) is 0 Å². The van der Waals surface area contributed by atoms with Crippen LogP contribution in [0.2, 0.25) is 0 Å². The quantitative estimate of drug-likeness (QED) is 0.819. The van der Waals surface area contributed by atoms with E-state index in [1.165, 1.54) is 16.0 Å². The monoisotopic (exact) mass is 233 g/mol. The lowest BCUT2D eigenvalue weighted by molar-refractivity contribution is 0.518. The maximum atomic E-state index is 4.26. The van der Waals surface area contributed by atoms with Gasteiger partial charge in [0.2, 0.25) is 0 Å². The molecule has 2 atom stereocenters. The van der Waals surface area contributed by atoms with E-state index in [0.29, 0.717) is 12.0 Å². The highest BCUT2D eigenvalue weighted by molar-refractivity contribution is 7.10. The normalized spacial score (nSPS) is 24.4. The minimum absolute atomic E-state index is 0.464. The highest BCUT2D eigenvalue weighted by Crippen LogP contribution is 2.37. The molecule has 0 saturated heterocycles. The molecule has 2 aromatic rings. The van der Waals surface area contributed by atoms with Gasteiger partial charge in [-0.25, -0.2) is 0 Å². The summed E-state index contributed by atoms with van der Waals surface area (Å²) in [7, 11) is 1.97. The minimum atomic E-state index is 0.464. The molecule has 0 amide bonds. The topological polar surface area (TPSA) is 29.9 Å². The van der Waals surface area contributed by atoms with Crippen molar-refractivity contribution in [2.24, 2.45) is 7.05 Å². The van der Waals surface area contributed by atoms with Gasteiger partial charge >= 0.3 is 0 Å². The van der Waals surface area contributed by atoms with Gasteiger partial charge in [-0.3, -0.25) is 4.68 Å². The maximum Gasteiger partial charge on any atom is 0.0528 e. The van der Waals surface area contributed by atoms with Gasteiger partial charge in [-0.15, -0.1) is 11.3 Å². The van der Waals surface area contributed by atoms with Crippen molar-refractivity contribution in [2.75, 3.05) is 6.54 Å². The smallest absolute Gasteiger partial charge is 0.0528 e. The number of hydrogen-bond acceptors (Lipinski definition) is 3. The molecule has 1 aliphatic heterocycles. The van der Waals surface area contributed by atoms with Gasteiger partial charge < -0.3 is 5.32 Å². The molecule has 84 valence electrons. The Morgan fingerprint density at radius 3 is 3.19 bits per heavy atom. The first-order valence-electron chi connectivity index (χ1n) is 5.55. The third-order valence-electron chi connectivity index (χ3n) is 3.25. The van der Waals surface area contributed by atoms with Gasteiger partial charge in [0, 0.05) is 36.6 Å². The SMILES string of the molecule is C[C@@H]1NC[C@H](c2cnn(C)c2)c2ccsc21. The summed E-state index contributed by atoms with van der Waals surface area (Å²) in [6.07, 6.45) is 4.09. The Hall–Kier alpha value is -1.13. The number of nitrogens with one attached hydrogen (secondary N) is 1. The molecule has 2 aromatic heterocycles. The molecular weight excluding hydrogens is 218 g/mol. The van der Waals surface area contributed by atoms with Gasteiger partial charge in [0.25, 0.3) is 0 Å². The summed E-state index contributed by atoms with van der Waals surface area (Å²) in [5, 5.41) is 10.0. The fourth-order valence-electron chi connectivity index (χ4n) is 2.39. The number of aryl methyl sites for hydroxylation is 1. The Bertz CT molecular complexity index is 500. The van der Waals surface area contributed by atoms with Crippen LogP contribution < -0.4 is 5.32 Å².